The number of nitrogens with two attached hydrogens (primary N) is 1. The number of carbonyl (C=O) groups is 1. The van der Waals surface area contributed by atoms with Crippen LogP contribution in [0, 0.1) is 0 Å². The van der Waals surface area contributed by atoms with Crippen molar-refractivity contribution in [3.8, 4) is 0 Å². The van der Waals surface area contributed by atoms with Crippen LogP contribution < -0.4 is 5.73 Å². The van der Waals surface area contributed by atoms with Gasteiger partial charge in [0.25, 0.3) is 5.91 Å². The molecule has 0 spiro atoms. The smallest absolute Gasteiger partial charge is 0.274 e. The lowest BCUT2D eigenvalue weighted by Crippen LogP contribution is -2.41. The number of carbonyl (C=O) groups excluding carboxylic acids is 1. The minimum absolute atomic E-state index is 0. The van der Waals surface area contributed by atoms with E-state index in [1.54, 1.807) is 0 Å². The normalized spacial score (nSPS) is 19.0. The van der Waals surface area contributed by atoms with Crippen LogP contribution in [0.1, 0.15) is 54.2 Å². The topological polar surface area (TPSA) is 84.2 Å². The van der Waals surface area contributed by atoms with Crippen LogP contribution in [0.5, 0.6) is 0 Å². The number of nitrogens with one attached hydrogen (secondary N) is 1. The van der Waals surface area contributed by atoms with Gasteiger partial charge >= 0.3 is 0 Å². The predicted octanol–water partition coefficient (Wildman–Crippen LogP) is 1.68. The largest absolute Gasteiger partial charge is 0.378 e. The summed E-state index contributed by atoms with van der Waals surface area (Å²) in [7, 11) is 0. The summed E-state index contributed by atoms with van der Waals surface area (Å²) in [4.78, 5) is 14.3. The lowest BCUT2D eigenvalue weighted by molar-refractivity contribution is 0.00829. The number of rotatable bonds is 6. The average molecular weight is 329 g/mol. The molecule has 0 aromatic carbocycles. The van der Waals surface area contributed by atoms with Crippen LogP contribution >= 0.6 is 12.4 Å². The lowest BCUT2D eigenvalue weighted by atomic mass is 10.1. The van der Waals surface area contributed by atoms with Crippen molar-refractivity contribution in [2.45, 2.75) is 44.1 Å². The molecule has 1 amide bonds. The lowest BCUT2D eigenvalue weighted by Gasteiger charge is -2.31. The maximum absolute atomic E-state index is 12.4. The summed E-state index contributed by atoms with van der Waals surface area (Å²) in [6.45, 7) is 2.88. The molecule has 0 bridgehead atoms. The van der Waals surface area contributed by atoms with Crippen molar-refractivity contribution in [2.75, 3.05) is 26.2 Å². The molecule has 0 radical (unpaired) electrons. The summed E-state index contributed by atoms with van der Waals surface area (Å²) in [6, 6.07) is 1.92. The Morgan fingerprint density at radius 2 is 2.09 bits per heavy atom. The molecule has 0 atom stereocenters. The summed E-state index contributed by atoms with van der Waals surface area (Å²) >= 11 is 0. The molecular formula is C15H25ClN4O2. The Kier molecular flexibility index (Phi) is 6.23. The molecule has 124 valence electrons. The minimum Gasteiger partial charge on any atom is -0.378 e. The maximum Gasteiger partial charge on any atom is 0.274 e. The Balaban J connectivity index is 0.00000176. The molecule has 7 heteroatoms. The molecule has 2 aliphatic rings. The van der Waals surface area contributed by atoms with E-state index in [4.69, 9.17) is 10.5 Å². The van der Waals surface area contributed by atoms with Crippen LogP contribution in [0.4, 0.5) is 0 Å². The van der Waals surface area contributed by atoms with Gasteiger partial charge in [0, 0.05) is 31.3 Å². The van der Waals surface area contributed by atoms with Crippen molar-refractivity contribution >= 4 is 18.3 Å². The fraction of sp³-hybridized carbons (Fsp3) is 0.733. The van der Waals surface area contributed by atoms with Crippen molar-refractivity contribution in [1.82, 2.24) is 15.1 Å². The molecule has 1 aliphatic carbocycles. The minimum atomic E-state index is 0. The quantitative estimate of drug-likeness (QED) is 0.778. The second kappa shape index (κ2) is 7.94. The van der Waals surface area contributed by atoms with Gasteiger partial charge in [-0.3, -0.25) is 9.89 Å². The number of ether oxygens (including phenoxy) is 1. The second-order valence-electron chi connectivity index (χ2n) is 5.99. The van der Waals surface area contributed by atoms with Crippen LogP contribution in [-0.2, 0) is 4.74 Å². The standard InChI is InChI=1S/C15H24N4O2.ClH/c16-6-1-9-21-12-4-7-19(8-5-12)15(20)14-10-13(17-18-14)11-2-3-11;/h10-12H,1-9,16H2,(H,17,18);1H. The summed E-state index contributed by atoms with van der Waals surface area (Å²) < 4.78 is 5.76. The summed E-state index contributed by atoms with van der Waals surface area (Å²) in [5.41, 5.74) is 7.12. The summed E-state index contributed by atoms with van der Waals surface area (Å²) in [6.07, 6.45) is 5.38. The van der Waals surface area contributed by atoms with Gasteiger partial charge in [-0.25, -0.2) is 0 Å². The van der Waals surface area contributed by atoms with E-state index in [0.29, 0.717) is 18.2 Å². The van der Waals surface area contributed by atoms with E-state index < -0.39 is 0 Å². The van der Waals surface area contributed by atoms with Crippen molar-refractivity contribution in [3.05, 3.63) is 17.5 Å². The molecule has 2 fully saturated rings. The number of hydrogen-bond donors (Lipinski definition) is 2. The number of likely N-dealkylation sites (tertiary alicyclic amines) is 1. The van der Waals surface area contributed by atoms with Gasteiger partial charge in [0.1, 0.15) is 5.69 Å². The van der Waals surface area contributed by atoms with Gasteiger partial charge in [0.15, 0.2) is 0 Å². The number of aromatic nitrogens is 2. The van der Waals surface area contributed by atoms with Gasteiger partial charge in [-0.2, -0.15) is 5.10 Å². The van der Waals surface area contributed by atoms with Crippen molar-refractivity contribution in [3.63, 3.8) is 0 Å². The highest BCUT2D eigenvalue weighted by atomic mass is 35.5. The van der Waals surface area contributed by atoms with Crippen LogP contribution in [0.15, 0.2) is 6.07 Å². The van der Waals surface area contributed by atoms with E-state index >= 15 is 0 Å². The molecule has 2 heterocycles. The number of halogens is 1. The third-order valence-electron chi connectivity index (χ3n) is 4.27. The number of hydrogen-bond acceptors (Lipinski definition) is 4. The van der Waals surface area contributed by atoms with E-state index in [2.05, 4.69) is 10.2 Å². The van der Waals surface area contributed by atoms with Crippen LogP contribution in [-0.4, -0.2) is 53.3 Å². The first kappa shape index (κ1) is 17.2. The van der Waals surface area contributed by atoms with E-state index in [-0.39, 0.29) is 24.4 Å². The van der Waals surface area contributed by atoms with Gasteiger partial charge in [-0.1, -0.05) is 0 Å². The molecule has 1 aliphatic heterocycles. The molecule has 1 saturated heterocycles. The first-order chi connectivity index (χ1) is 10.3. The SMILES string of the molecule is Cl.NCCCOC1CCN(C(=O)c2cc(C3CC3)[nH]n2)CC1. The van der Waals surface area contributed by atoms with Gasteiger partial charge in [0.2, 0.25) is 0 Å². The highest BCUT2D eigenvalue weighted by Crippen LogP contribution is 2.39. The molecule has 1 aromatic rings. The molecule has 1 saturated carbocycles. The second-order valence-corrected chi connectivity index (χ2v) is 5.99. The summed E-state index contributed by atoms with van der Waals surface area (Å²) in [5.74, 6) is 0.638. The molecule has 3 rings (SSSR count). The van der Waals surface area contributed by atoms with Crippen molar-refractivity contribution in [1.29, 1.82) is 0 Å². The van der Waals surface area contributed by atoms with E-state index in [0.717, 1.165) is 44.7 Å². The third-order valence-corrected chi connectivity index (χ3v) is 4.27. The van der Waals surface area contributed by atoms with Gasteiger partial charge in [0.05, 0.1) is 6.10 Å². The number of amides is 1. The average Bonchev–Trinajstić information content (AvgIpc) is 3.25. The van der Waals surface area contributed by atoms with Crippen LogP contribution in [0.2, 0.25) is 0 Å². The Morgan fingerprint density at radius 1 is 1.36 bits per heavy atom. The third kappa shape index (κ3) is 4.21. The van der Waals surface area contributed by atoms with Gasteiger partial charge < -0.3 is 15.4 Å². The zero-order valence-corrected chi connectivity index (χ0v) is 13.6. The van der Waals surface area contributed by atoms with Crippen LogP contribution in [0.3, 0.4) is 0 Å². The Labute approximate surface area is 137 Å². The predicted molar refractivity (Wildman–Crippen MR) is 86.4 cm³/mol. The fourth-order valence-electron chi connectivity index (χ4n) is 2.77. The summed E-state index contributed by atoms with van der Waals surface area (Å²) in [5, 5.41) is 7.17. The van der Waals surface area contributed by atoms with Crippen molar-refractivity contribution in [2.24, 2.45) is 5.73 Å². The number of nitrogens with zero attached hydrogens (tertiary/aromatic N) is 2. The van der Waals surface area contributed by atoms with E-state index in [1.807, 2.05) is 11.0 Å². The monoisotopic (exact) mass is 328 g/mol. The molecule has 6 nitrogen and oxygen atoms in total. The zero-order valence-electron chi connectivity index (χ0n) is 12.8. The highest BCUT2D eigenvalue weighted by molar-refractivity contribution is 5.92. The Morgan fingerprint density at radius 3 is 2.73 bits per heavy atom. The Hall–Kier alpha value is -1.11. The number of H-pyrrole nitrogens is 1. The molecule has 22 heavy (non-hydrogen) atoms. The molecular weight excluding hydrogens is 304 g/mol. The first-order valence-electron chi connectivity index (χ1n) is 7.94. The van der Waals surface area contributed by atoms with Crippen LogP contribution in [0.25, 0.3) is 0 Å². The highest BCUT2D eigenvalue weighted by Gasteiger charge is 2.29. The van der Waals surface area contributed by atoms with E-state index in [1.165, 1.54) is 12.8 Å². The fourth-order valence-corrected chi connectivity index (χ4v) is 2.77. The zero-order chi connectivity index (χ0) is 14.7. The Bertz CT molecular complexity index is 482. The molecule has 3 N–H and O–H groups in total. The van der Waals surface area contributed by atoms with Gasteiger partial charge in [-0.15, -0.1) is 12.4 Å². The number of aromatic amines is 1. The number of piperidine rings is 1. The molecule has 0 unspecified atom stereocenters. The van der Waals surface area contributed by atoms with Gasteiger partial charge in [-0.05, 0) is 44.7 Å². The maximum atomic E-state index is 12.4. The molecule has 1 aromatic heterocycles. The first-order valence-corrected chi connectivity index (χ1v) is 7.94. The van der Waals surface area contributed by atoms with Crippen molar-refractivity contribution < 1.29 is 9.53 Å². The van der Waals surface area contributed by atoms with E-state index in [9.17, 15) is 4.79 Å².